The molecule has 1 aromatic rings. The molecule has 1 aromatic heterocycles. The van der Waals surface area contributed by atoms with Gasteiger partial charge in [-0.1, -0.05) is 19.6 Å². The number of hydrogen-bond donors (Lipinski definition) is 0. The summed E-state index contributed by atoms with van der Waals surface area (Å²) in [6, 6.07) is 0. The molecule has 0 aliphatic carbocycles. The average molecular weight is 171 g/mol. The van der Waals surface area contributed by atoms with Gasteiger partial charge in [-0.25, -0.2) is 0 Å². The summed E-state index contributed by atoms with van der Waals surface area (Å²) in [7, 11) is -1.06. The highest BCUT2D eigenvalue weighted by Gasteiger charge is 2.18. The molecule has 0 saturated carbocycles. The minimum atomic E-state index is -1.06. The highest BCUT2D eigenvalue weighted by atomic mass is 32.1. The minimum Gasteiger partial charge on any atom is -0.250 e. The second-order valence-corrected chi connectivity index (χ2v) is 10.1. The quantitative estimate of drug-likeness (QED) is 0.589. The fraction of sp³-hybridized carbons (Fsp3) is 0.571. The molecule has 1 rings (SSSR count). The molecule has 0 saturated heterocycles. The van der Waals surface area contributed by atoms with Gasteiger partial charge in [0.15, 0.2) is 0 Å². The van der Waals surface area contributed by atoms with Crippen molar-refractivity contribution in [2.24, 2.45) is 0 Å². The van der Waals surface area contributed by atoms with E-state index in [1.165, 1.54) is 9.51 Å². The molecular weight excluding hydrogens is 158 g/mol. The maximum absolute atomic E-state index is 4.24. The van der Waals surface area contributed by atoms with Crippen LogP contribution in [0.2, 0.25) is 19.6 Å². The fourth-order valence-corrected chi connectivity index (χ4v) is 3.36. The molecular formula is C7H13NSSi. The Morgan fingerprint density at radius 3 is 2.20 bits per heavy atom. The summed E-state index contributed by atoms with van der Waals surface area (Å²) in [4.78, 5) is 4.24. The van der Waals surface area contributed by atoms with Crippen molar-refractivity contribution in [3.8, 4) is 0 Å². The van der Waals surface area contributed by atoms with Crippen LogP contribution in [0.3, 0.4) is 0 Å². The summed E-state index contributed by atoms with van der Waals surface area (Å²) in [5.74, 6) is 0. The summed E-state index contributed by atoms with van der Waals surface area (Å²) in [6.45, 7) is 9.11. The highest BCUT2D eigenvalue weighted by Crippen LogP contribution is 2.08. The van der Waals surface area contributed by atoms with E-state index < -0.39 is 8.07 Å². The summed E-state index contributed by atoms with van der Waals surface area (Å²) < 4.78 is 1.50. The second kappa shape index (κ2) is 2.47. The van der Waals surface area contributed by atoms with E-state index in [-0.39, 0.29) is 0 Å². The fourth-order valence-electron chi connectivity index (χ4n) is 0.708. The third-order valence-corrected chi connectivity index (χ3v) is 5.84. The van der Waals surface area contributed by atoms with Gasteiger partial charge in [0.1, 0.15) is 0 Å². The first-order chi connectivity index (χ1) is 4.50. The number of nitrogens with zero attached hydrogens (tertiary/aromatic N) is 1. The predicted molar refractivity (Wildman–Crippen MR) is 49.8 cm³/mol. The van der Waals surface area contributed by atoms with Crippen molar-refractivity contribution < 1.29 is 0 Å². The molecule has 1 heterocycles. The van der Waals surface area contributed by atoms with Gasteiger partial charge >= 0.3 is 0 Å². The number of thiazole rings is 1. The Hall–Kier alpha value is -0.153. The molecule has 0 fully saturated rings. The third kappa shape index (κ3) is 1.67. The van der Waals surface area contributed by atoms with Gasteiger partial charge in [-0.3, -0.25) is 4.98 Å². The molecule has 0 unspecified atom stereocenters. The van der Waals surface area contributed by atoms with E-state index in [9.17, 15) is 0 Å². The van der Waals surface area contributed by atoms with Gasteiger partial charge in [0.25, 0.3) is 0 Å². The zero-order valence-electron chi connectivity index (χ0n) is 6.93. The lowest BCUT2D eigenvalue weighted by Crippen LogP contribution is -2.34. The van der Waals surface area contributed by atoms with E-state index >= 15 is 0 Å². The maximum atomic E-state index is 4.24. The molecule has 0 bridgehead atoms. The van der Waals surface area contributed by atoms with Crippen LogP contribution < -0.4 is 4.50 Å². The van der Waals surface area contributed by atoms with Crippen molar-refractivity contribution in [3.63, 3.8) is 0 Å². The molecule has 56 valence electrons. The molecule has 0 aliphatic heterocycles. The summed E-state index contributed by atoms with van der Waals surface area (Å²) in [5.41, 5.74) is 0. The van der Waals surface area contributed by atoms with E-state index in [4.69, 9.17) is 0 Å². The largest absolute Gasteiger partial charge is 0.250 e. The van der Waals surface area contributed by atoms with Crippen molar-refractivity contribution in [2.75, 3.05) is 0 Å². The van der Waals surface area contributed by atoms with E-state index in [1.54, 1.807) is 0 Å². The van der Waals surface area contributed by atoms with E-state index in [2.05, 4.69) is 31.5 Å². The van der Waals surface area contributed by atoms with Crippen LogP contribution in [0.15, 0.2) is 6.20 Å². The summed E-state index contributed by atoms with van der Waals surface area (Å²) in [6.07, 6.45) is 2.03. The van der Waals surface area contributed by atoms with Gasteiger partial charge in [0.2, 0.25) is 0 Å². The number of rotatable bonds is 1. The van der Waals surface area contributed by atoms with Crippen molar-refractivity contribution in [1.29, 1.82) is 0 Å². The standard InChI is InChI=1S/C7H13NSSi/c1-6-8-5-7(9-6)10(2,3)4/h5H,1-4H3. The van der Waals surface area contributed by atoms with Crippen molar-refractivity contribution in [1.82, 2.24) is 4.98 Å². The minimum absolute atomic E-state index is 1.06. The number of hydrogen-bond acceptors (Lipinski definition) is 2. The smallest absolute Gasteiger partial charge is 0.0925 e. The Morgan fingerprint density at radius 2 is 2.00 bits per heavy atom. The van der Waals surface area contributed by atoms with Crippen LogP contribution in [-0.2, 0) is 0 Å². The van der Waals surface area contributed by atoms with Crippen LogP contribution in [0, 0.1) is 6.92 Å². The Balaban J connectivity index is 2.96. The Bertz CT molecular complexity index is 224. The van der Waals surface area contributed by atoms with Crippen LogP contribution in [-0.4, -0.2) is 13.1 Å². The lowest BCUT2D eigenvalue weighted by Gasteiger charge is -2.10. The van der Waals surface area contributed by atoms with Crippen molar-refractivity contribution in [3.05, 3.63) is 11.2 Å². The Kier molecular flexibility index (Phi) is 1.96. The summed E-state index contributed by atoms with van der Waals surface area (Å²) in [5, 5.41) is 1.19. The van der Waals surface area contributed by atoms with Crippen molar-refractivity contribution in [2.45, 2.75) is 26.6 Å². The molecule has 0 radical (unpaired) electrons. The molecule has 0 aliphatic rings. The zero-order valence-corrected chi connectivity index (χ0v) is 8.75. The first kappa shape index (κ1) is 7.95. The van der Waals surface area contributed by atoms with E-state index in [0.717, 1.165) is 0 Å². The Labute approximate surface area is 67.1 Å². The number of aromatic nitrogens is 1. The van der Waals surface area contributed by atoms with Gasteiger partial charge in [0, 0.05) is 10.7 Å². The molecule has 0 spiro atoms. The lowest BCUT2D eigenvalue weighted by molar-refractivity contribution is 1.30. The average Bonchev–Trinajstić information content (AvgIpc) is 2.11. The predicted octanol–water partition coefficient (Wildman–Crippen LogP) is 2.00. The highest BCUT2D eigenvalue weighted by molar-refractivity contribution is 7.26. The Morgan fingerprint density at radius 1 is 1.40 bits per heavy atom. The van der Waals surface area contributed by atoms with Crippen molar-refractivity contribution >= 4 is 23.9 Å². The zero-order chi connectivity index (χ0) is 7.78. The first-order valence-corrected chi connectivity index (χ1v) is 7.75. The van der Waals surface area contributed by atoms with Gasteiger partial charge in [-0.2, -0.15) is 0 Å². The normalized spacial score (nSPS) is 12.0. The van der Waals surface area contributed by atoms with Crippen LogP contribution in [0.4, 0.5) is 0 Å². The van der Waals surface area contributed by atoms with E-state index in [0.29, 0.717) is 0 Å². The van der Waals surface area contributed by atoms with Gasteiger partial charge < -0.3 is 0 Å². The van der Waals surface area contributed by atoms with Crippen LogP contribution in [0.5, 0.6) is 0 Å². The molecule has 0 aromatic carbocycles. The summed E-state index contributed by atoms with van der Waals surface area (Å²) >= 11 is 1.85. The topological polar surface area (TPSA) is 12.9 Å². The van der Waals surface area contributed by atoms with Gasteiger partial charge in [-0.05, 0) is 6.92 Å². The van der Waals surface area contributed by atoms with Crippen LogP contribution in [0.1, 0.15) is 5.01 Å². The molecule has 0 atom stereocenters. The monoisotopic (exact) mass is 171 g/mol. The SMILES string of the molecule is Cc1ncc([Si](C)(C)C)s1. The second-order valence-electron chi connectivity index (χ2n) is 3.49. The van der Waals surface area contributed by atoms with E-state index in [1.807, 2.05) is 17.5 Å². The molecule has 0 N–H and O–H groups in total. The van der Waals surface area contributed by atoms with Gasteiger partial charge in [-0.15, -0.1) is 11.3 Å². The number of aryl methyl sites for hydroxylation is 1. The first-order valence-electron chi connectivity index (χ1n) is 3.43. The maximum Gasteiger partial charge on any atom is 0.0925 e. The van der Waals surface area contributed by atoms with Gasteiger partial charge in [0.05, 0.1) is 13.1 Å². The third-order valence-electron chi connectivity index (χ3n) is 1.36. The van der Waals surface area contributed by atoms with Crippen LogP contribution >= 0.6 is 11.3 Å². The van der Waals surface area contributed by atoms with Crippen LogP contribution in [0.25, 0.3) is 0 Å². The molecule has 3 heteroatoms. The molecule has 1 nitrogen and oxygen atoms in total. The molecule has 10 heavy (non-hydrogen) atoms. The molecule has 0 amide bonds. The lowest BCUT2D eigenvalue weighted by atomic mass is 10.8.